The standard InChI is InChI=1S/C12H22N4O/c1-10(2)13-8-11-9-16(15-14-11)6-5-12-4-3-7-17-12/h9-10,12-13H,3-8H2,1-2H3. The third kappa shape index (κ3) is 4.09. The van der Waals surface area contributed by atoms with Gasteiger partial charge in [0.05, 0.1) is 11.8 Å². The zero-order chi connectivity index (χ0) is 12.1. The number of nitrogens with one attached hydrogen (secondary N) is 1. The number of hydrogen-bond acceptors (Lipinski definition) is 4. The van der Waals surface area contributed by atoms with E-state index < -0.39 is 0 Å². The summed E-state index contributed by atoms with van der Waals surface area (Å²) < 4.78 is 7.50. The second-order valence-corrected chi connectivity index (χ2v) is 4.93. The third-order valence-electron chi connectivity index (χ3n) is 2.98. The van der Waals surface area contributed by atoms with E-state index >= 15 is 0 Å². The highest BCUT2D eigenvalue weighted by molar-refractivity contribution is 4.91. The van der Waals surface area contributed by atoms with Crippen molar-refractivity contribution >= 4 is 0 Å². The van der Waals surface area contributed by atoms with E-state index in [0.717, 1.165) is 31.8 Å². The van der Waals surface area contributed by atoms with Crippen molar-refractivity contribution in [3.8, 4) is 0 Å². The van der Waals surface area contributed by atoms with E-state index in [0.29, 0.717) is 12.1 Å². The molecule has 1 atom stereocenters. The summed E-state index contributed by atoms with van der Waals surface area (Å²) in [5.74, 6) is 0. The van der Waals surface area contributed by atoms with Crippen LogP contribution in [0, 0.1) is 0 Å². The van der Waals surface area contributed by atoms with Crippen LogP contribution in [0.1, 0.15) is 38.8 Å². The molecule has 17 heavy (non-hydrogen) atoms. The summed E-state index contributed by atoms with van der Waals surface area (Å²) in [6, 6.07) is 0.479. The van der Waals surface area contributed by atoms with Gasteiger partial charge in [-0.25, -0.2) is 0 Å². The monoisotopic (exact) mass is 238 g/mol. The van der Waals surface area contributed by atoms with Gasteiger partial charge in [0, 0.05) is 31.9 Å². The molecule has 0 radical (unpaired) electrons. The van der Waals surface area contributed by atoms with E-state index in [1.165, 1.54) is 12.8 Å². The Labute approximate surface area is 103 Å². The molecule has 0 amide bonds. The van der Waals surface area contributed by atoms with E-state index in [1.807, 2.05) is 10.9 Å². The van der Waals surface area contributed by atoms with Crippen LogP contribution in [0.3, 0.4) is 0 Å². The Morgan fingerprint density at radius 3 is 3.18 bits per heavy atom. The van der Waals surface area contributed by atoms with Crippen LogP contribution in [0.25, 0.3) is 0 Å². The molecule has 96 valence electrons. The van der Waals surface area contributed by atoms with Crippen LogP contribution >= 0.6 is 0 Å². The molecule has 1 aliphatic rings. The van der Waals surface area contributed by atoms with Crippen LogP contribution < -0.4 is 5.32 Å². The van der Waals surface area contributed by atoms with Gasteiger partial charge in [-0.2, -0.15) is 0 Å². The van der Waals surface area contributed by atoms with Crippen LogP contribution in [-0.2, 0) is 17.8 Å². The lowest BCUT2D eigenvalue weighted by atomic mass is 10.2. The molecule has 2 heterocycles. The van der Waals surface area contributed by atoms with Crippen molar-refractivity contribution in [2.24, 2.45) is 0 Å². The van der Waals surface area contributed by atoms with Crippen molar-refractivity contribution in [3.63, 3.8) is 0 Å². The predicted octanol–water partition coefficient (Wildman–Crippen LogP) is 1.35. The average Bonchev–Trinajstić information content (AvgIpc) is 2.95. The molecular weight excluding hydrogens is 216 g/mol. The fourth-order valence-corrected chi connectivity index (χ4v) is 1.99. The Hall–Kier alpha value is -0.940. The first-order chi connectivity index (χ1) is 8.24. The van der Waals surface area contributed by atoms with Crippen molar-refractivity contribution in [2.45, 2.75) is 58.3 Å². The summed E-state index contributed by atoms with van der Waals surface area (Å²) >= 11 is 0. The second kappa shape index (κ2) is 6.12. The Kier molecular flexibility index (Phi) is 4.50. The van der Waals surface area contributed by atoms with Gasteiger partial charge in [-0.3, -0.25) is 4.68 Å². The van der Waals surface area contributed by atoms with E-state index in [1.54, 1.807) is 0 Å². The maximum atomic E-state index is 5.59. The number of nitrogens with zero attached hydrogens (tertiary/aromatic N) is 3. The zero-order valence-electron chi connectivity index (χ0n) is 10.7. The molecule has 5 nitrogen and oxygen atoms in total. The summed E-state index contributed by atoms with van der Waals surface area (Å²) in [7, 11) is 0. The van der Waals surface area contributed by atoms with E-state index in [9.17, 15) is 0 Å². The normalized spacial score (nSPS) is 20.3. The van der Waals surface area contributed by atoms with Gasteiger partial charge in [0.1, 0.15) is 0 Å². The van der Waals surface area contributed by atoms with Gasteiger partial charge < -0.3 is 10.1 Å². The Bertz CT molecular complexity index is 331. The molecule has 2 rings (SSSR count). The van der Waals surface area contributed by atoms with Gasteiger partial charge in [0.2, 0.25) is 0 Å². The number of ether oxygens (including phenoxy) is 1. The largest absolute Gasteiger partial charge is 0.378 e. The quantitative estimate of drug-likeness (QED) is 0.812. The molecule has 0 aromatic carbocycles. The molecular formula is C12H22N4O. The van der Waals surface area contributed by atoms with Gasteiger partial charge in [-0.15, -0.1) is 5.10 Å². The minimum atomic E-state index is 0.427. The lowest BCUT2D eigenvalue weighted by molar-refractivity contribution is 0.0993. The summed E-state index contributed by atoms with van der Waals surface area (Å²) in [5, 5.41) is 11.6. The van der Waals surface area contributed by atoms with Gasteiger partial charge in [-0.05, 0) is 19.3 Å². The van der Waals surface area contributed by atoms with Crippen molar-refractivity contribution in [1.29, 1.82) is 0 Å². The number of aromatic nitrogens is 3. The first-order valence-electron chi connectivity index (χ1n) is 6.48. The molecule has 5 heteroatoms. The SMILES string of the molecule is CC(C)NCc1cn(CCC2CCCO2)nn1. The minimum Gasteiger partial charge on any atom is -0.378 e. The molecule has 1 N–H and O–H groups in total. The van der Waals surface area contributed by atoms with Crippen LogP contribution in [0.15, 0.2) is 6.20 Å². The zero-order valence-corrected chi connectivity index (χ0v) is 10.7. The second-order valence-electron chi connectivity index (χ2n) is 4.93. The molecule has 1 saturated heterocycles. The highest BCUT2D eigenvalue weighted by atomic mass is 16.5. The van der Waals surface area contributed by atoms with Crippen molar-refractivity contribution < 1.29 is 4.74 Å². The third-order valence-corrected chi connectivity index (χ3v) is 2.98. The highest BCUT2D eigenvalue weighted by Gasteiger charge is 2.15. The lowest BCUT2D eigenvalue weighted by Crippen LogP contribution is -2.21. The first-order valence-corrected chi connectivity index (χ1v) is 6.48. The molecule has 1 fully saturated rings. The Morgan fingerprint density at radius 2 is 2.47 bits per heavy atom. The summed E-state index contributed by atoms with van der Waals surface area (Å²) in [4.78, 5) is 0. The fraction of sp³-hybridized carbons (Fsp3) is 0.833. The van der Waals surface area contributed by atoms with Crippen molar-refractivity contribution in [2.75, 3.05) is 6.61 Å². The highest BCUT2D eigenvalue weighted by Crippen LogP contribution is 2.15. The lowest BCUT2D eigenvalue weighted by Gasteiger charge is -2.08. The summed E-state index contributed by atoms with van der Waals surface area (Å²) in [5.41, 5.74) is 1.01. The molecule has 1 aliphatic heterocycles. The maximum absolute atomic E-state index is 5.59. The van der Waals surface area contributed by atoms with Gasteiger partial charge in [0.25, 0.3) is 0 Å². The van der Waals surface area contributed by atoms with Crippen LogP contribution in [-0.4, -0.2) is 33.7 Å². The Morgan fingerprint density at radius 1 is 1.59 bits per heavy atom. The molecule has 0 aliphatic carbocycles. The molecule has 0 saturated carbocycles. The minimum absolute atomic E-state index is 0.427. The molecule has 1 unspecified atom stereocenters. The maximum Gasteiger partial charge on any atom is 0.0964 e. The smallest absolute Gasteiger partial charge is 0.0964 e. The molecule has 1 aromatic heterocycles. The fourth-order valence-electron chi connectivity index (χ4n) is 1.99. The molecule has 1 aromatic rings. The van der Waals surface area contributed by atoms with Crippen LogP contribution in [0.4, 0.5) is 0 Å². The predicted molar refractivity (Wildman–Crippen MR) is 65.6 cm³/mol. The number of hydrogen-bond donors (Lipinski definition) is 1. The summed E-state index contributed by atoms with van der Waals surface area (Å²) in [6.07, 6.45) is 5.88. The molecule has 0 spiro atoms. The van der Waals surface area contributed by atoms with Crippen molar-refractivity contribution in [1.82, 2.24) is 20.3 Å². The van der Waals surface area contributed by atoms with Gasteiger partial charge in [-0.1, -0.05) is 19.1 Å². The Balaban J connectivity index is 1.73. The number of rotatable bonds is 6. The average molecular weight is 238 g/mol. The van der Waals surface area contributed by atoms with E-state index in [4.69, 9.17) is 4.74 Å². The van der Waals surface area contributed by atoms with Crippen LogP contribution in [0.5, 0.6) is 0 Å². The van der Waals surface area contributed by atoms with Gasteiger partial charge in [0.15, 0.2) is 0 Å². The summed E-state index contributed by atoms with van der Waals surface area (Å²) in [6.45, 7) is 6.87. The van der Waals surface area contributed by atoms with Crippen molar-refractivity contribution in [3.05, 3.63) is 11.9 Å². The van der Waals surface area contributed by atoms with E-state index in [-0.39, 0.29) is 0 Å². The van der Waals surface area contributed by atoms with Crippen LogP contribution in [0.2, 0.25) is 0 Å². The van der Waals surface area contributed by atoms with E-state index in [2.05, 4.69) is 29.5 Å². The molecule has 0 bridgehead atoms. The number of aryl methyl sites for hydroxylation is 1. The topological polar surface area (TPSA) is 52.0 Å². The van der Waals surface area contributed by atoms with Gasteiger partial charge >= 0.3 is 0 Å². The first kappa shape index (κ1) is 12.5.